The van der Waals surface area contributed by atoms with E-state index in [2.05, 4.69) is 22.8 Å². The van der Waals surface area contributed by atoms with E-state index < -0.39 is 5.97 Å². The molecule has 2 aromatic carbocycles. The Bertz CT molecular complexity index is 1170. The Kier molecular flexibility index (Phi) is 6.07. The van der Waals surface area contributed by atoms with Gasteiger partial charge in [0.25, 0.3) is 0 Å². The molecule has 0 bridgehead atoms. The lowest BCUT2D eigenvalue weighted by atomic mass is 10.0. The number of ether oxygens (including phenoxy) is 2. The van der Waals surface area contributed by atoms with E-state index in [4.69, 9.17) is 14.5 Å². The number of para-hydroxylation sites is 2. The summed E-state index contributed by atoms with van der Waals surface area (Å²) in [4.78, 5) is 16.4. The molecule has 0 fully saturated rings. The first kappa shape index (κ1) is 20.7. The predicted octanol–water partition coefficient (Wildman–Crippen LogP) is 4.97. The molecule has 1 aliphatic rings. The molecule has 1 N–H and O–H groups in total. The molecule has 0 amide bonds. The molecule has 3 aromatic rings. The Labute approximate surface area is 181 Å². The van der Waals surface area contributed by atoms with Gasteiger partial charge in [-0.15, -0.1) is 0 Å². The van der Waals surface area contributed by atoms with Gasteiger partial charge in [-0.3, -0.25) is 0 Å². The van der Waals surface area contributed by atoms with Gasteiger partial charge in [0.05, 0.1) is 24.8 Å². The van der Waals surface area contributed by atoms with Crippen LogP contribution in [0.5, 0.6) is 5.75 Å². The number of aromatic carboxylic acids is 1. The van der Waals surface area contributed by atoms with Crippen LogP contribution in [0.15, 0.2) is 65.9 Å². The second kappa shape index (κ2) is 9.08. The zero-order valence-corrected chi connectivity index (χ0v) is 17.8. The molecular formula is C25H26N2O4. The summed E-state index contributed by atoms with van der Waals surface area (Å²) in [5, 5.41) is 9.42. The third-order valence-electron chi connectivity index (χ3n) is 5.43. The highest BCUT2D eigenvalue weighted by Crippen LogP contribution is 2.26. The van der Waals surface area contributed by atoms with E-state index in [-0.39, 0.29) is 5.56 Å². The van der Waals surface area contributed by atoms with Crippen molar-refractivity contribution in [1.82, 2.24) is 9.55 Å². The summed E-state index contributed by atoms with van der Waals surface area (Å²) in [7, 11) is 1.69. The number of hydrogen-bond donors (Lipinski definition) is 1. The second-order valence-electron chi connectivity index (χ2n) is 7.50. The molecule has 0 unspecified atom stereocenters. The maximum absolute atomic E-state index is 11.5. The van der Waals surface area contributed by atoms with Crippen molar-refractivity contribution in [2.24, 2.45) is 0 Å². The van der Waals surface area contributed by atoms with Crippen LogP contribution in [-0.2, 0) is 17.7 Å². The van der Waals surface area contributed by atoms with Crippen LogP contribution >= 0.6 is 0 Å². The molecule has 31 heavy (non-hydrogen) atoms. The molecule has 6 heteroatoms. The highest BCUT2D eigenvalue weighted by molar-refractivity contribution is 5.91. The molecule has 0 saturated heterocycles. The van der Waals surface area contributed by atoms with Crippen LogP contribution < -0.4 is 4.74 Å². The van der Waals surface area contributed by atoms with Crippen molar-refractivity contribution in [2.45, 2.75) is 32.7 Å². The summed E-state index contributed by atoms with van der Waals surface area (Å²) < 4.78 is 13.2. The largest absolute Gasteiger partial charge is 0.497 e. The monoisotopic (exact) mass is 418 g/mol. The van der Waals surface area contributed by atoms with E-state index in [1.54, 1.807) is 13.2 Å². The number of carboxylic acids is 1. The molecule has 0 atom stereocenters. The first-order chi connectivity index (χ1) is 15.1. The minimum Gasteiger partial charge on any atom is -0.497 e. The molecule has 0 radical (unpaired) electrons. The van der Waals surface area contributed by atoms with Crippen LogP contribution in [0.25, 0.3) is 11.0 Å². The van der Waals surface area contributed by atoms with Gasteiger partial charge in [-0.05, 0) is 67.3 Å². The lowest BCUT2D eigenvalue weighted by Crippen LogP contribution is -2.09. The van der Waals surface area contributed by atoms with Gasteiger partial charge in [-0.2, -0.15) is 0 Å². The zero-order chi connectivity index (χ0) is 21.8. The quantitative estimate of drug-likeness (QED) is 0.559. The minimum atomic E-state index is -0.992. The number of imidazole rings is 1. The van der Waals surface area contributed by atoms with E-state index in [1.807, 2.05) is 37.3 Å². The van der Waals surface area contributed by atoms with Gasteiger partial charge in [0.1, 0.15) is 22.9 Å². The Balaban J connectivity index is 1.70. The van der Waals surface area contributed by atoms with Crippen molar-refractivity contribution in [3.05, 3.63) is 82.9 Å². The Morgan fingerprint density at radius 1 is 1.23 bits per heavy atom. The summed E-state index contributed by atoms with van der Waals surface area (Å²) in [6.07, 6.45) is 6.74. The minimum absolute atomic E-state index is 0.172. The van der Waals surface area contributed by atoms with Crippen molar-refractivity contribution < 1.29 is 19.4 Å². The highest BCUT2D eigenvalue weighted by Gasteiger charge is 2.16. The number of carbonyl (C=O) groups is 1. The standard InChI is InChI=1S/C25H26N2O4/c1-3-31-23-14-17(11-12-20(23)25(28)29)15-24-26-21-9-4-5-10-22(21)27(24)16-18-7-6-8-19(13-18)30-2/h4-5,8-14H,3,6-7,15-16H2,1-2H3,(H,28,29). The predicted molar refractivity (Wildman–Crippen MR) is 120 cm³/mol. The normalized spacial score (nSPS) is 13.6. The lowest BCUT2D eigenvalue weighted by molar-refractivity contribution is 0.0692. The van der Waals surface area contributed by atoms with Gasteiger partial charge in [-0.1, -0.05) is 18.2 Å². The van der Waals surface area contributed by atoms with Crippen molar-refractivity contribution in [2.75, 3.05) is 13.7 Å². The van der Waals surface area contributed by atoms with Crippen molar-refractivity contribution in [3.63, 3.8) is 0 Å². The van der Waals surface area contributed by atoms with Gasteiger partial charge in [0.2, 0.25) is 0 Å². The smallest absolute Gasteiger partial charge is 0.339 e. The highest BCUT2D eigenvalue weighted by atomic mass is 16.5. The van der Waals surface area contributed by atoms with E-state index in [9.17, 15) is 9.90 Å². The average molecular weight is 418 g/mol. The molecule has 4 rings (SSSR count). The lowest BCUT2D eigenvalue weighted by Gasteiger charge is -2.16. The molecule has 1 aromatic heterocycles. The summed E-state index contributed by atoms with van der Waals surface area (Å²) >= 11 is 0. The molecule has 1 heterocycles. The number of fused-ring (bicyclic) bond motifs is 1. The fraction of sp³-hybridized carbons (Fsp3) is 0.280. The summed E-state index contributed by atoms with van der Waals surface area (Å²) in [5.74, 6) is 1.23. The number of nitrogens with zero attached hydrogens (tertiary/aromatic N) is 2. The van der Waals surface area contributed by atoms with Gasteiger partial charge in [0.15, 0.2) is 0 Å². The number of allylic oxidation sites excluding steroid dienone is 3. The van der Waals surface area contributed by atoms with Crippen molar-refractivity contribution in [1.29, 1.82) is 0 Å². The fourth-order valence-corrected chi connectivity index (χ4v) is 3.95. The topological polar surface area (TPSA) is 73.6 Å². The number of benzene rings is 2. The van der Waals surface area contributed by atoms with Crippen LogP contribution in [0.1, 0.15) is 41.5 Å². The number of rotatable bonds is 8. The van der Waals surface area contributed by atoms with E-state index in [0.29, 0.717) is 18.8 Å². The fourth-order valence-electron chi connectivity index (χ4n) is 3.95. The summed E-state index contributed by atoms with van der Waals surface area (Å²) in [6.45, 7) is 2.99. The molecule has 0 spiro atoms. The van der Waals surface area contributed by atoms with E-state index in [0.717, 1.165) is 47.6 Å². The molecule has 0 saturated carbocycles. The summed E-state index contributed by atoms with van der Waals surface area (Å²) in [5.41, 5.74) is 4.45. The van der Waals surface area contributed by atoms with Crippen LogP contribution in [0.2, 0.25) is 0 Å². The maximum atomic E-state index is 11.5. The van der Waals surface area contributed by atoms with Crippen molar-refractivity contribution >= 4 is 17.0 Å². The van der Waals surface area contributed by atoms with Crippen molar-refractivity contribution in [3.8, 4) is 5.75 Å². The van der Waals surface area contributed by atoms with Crippen LogP contribution in [0.3, 0.4) is 0 Å². The van der Waals surface area contributed by atoms with Crippen LogP contribution in [-0.4, -0.2) is 34.3 Å². The number of carboxylic acid groups (broad SMARTS) is 1. The average Bonchev–Trinajstić information content (AvgIpc) is 3.11. The van der Waals surface area contributed by atoms with Gasteiger partial charge < -0.3 is 19.1 Å². The van der Waals surface area contributed by atoms with Crippen LogP contribution in [0, 0.1) is 0 Å². The first-order valence-electron chi connectivity index (χ1n) is 10.5. The second-order valence-corrected chi connectivity index (χ2v) is 7.50. The Morgan fingerprint density at radius 3 is 2.84 bits per heavy atom. The van der Waals surface area contributed by atoms with Gasteiger partial charge in [-0.25, -0.2) is 9.78 Å². The maximum Gasteiger partial charge on any atom is 0.339 e. The molecule has 1 aliphatic carbocycles. The number of methoxy groups -OCH3 is 1. The SMILES string of the molecule is CCOc1cc(Cc2nc3ccccc3n2CC2=CC(OC)=CCC2)ccc1C(=O)O. The molecule has 0 aliphatic heterocycles. The molecule has 6 nitrogen and oxygen atoms in total. The van der Waals surface area contributed by atoms with Crippen LogP contribution in [0.4, 0.5) is 0 Å². The zero-order valence-electron chi connectivity index (χ0n) is 17.8. The Hall–Kier alpha value is -3.54. The molecule has 160 valence electrons. The first-order valence-corrected chi connectivity index (χ1v) is 10.5. The van der Waals surface area contributed by atoms with E-state index in [1.165, 1.54) is 5.57 Å². The molecular weight excluding hydrogens is 392 g/mol. The number of hydrogen-bond acceptors (Lipinski definition) is 4. The third-order valence-corrected chi connectivity index (χ3v) is 5.43. The summed E-state index contributed by atoms with van der Waals surface area (Å²) in [6, 6.07) is 13.4. The van der Waals surface area contributed by atoms with Gasteiger partial charge >= 0.3 is 5.97 Å². The van der Waals surface area contributed by atoms with E-state index >= 15 is 0 Å². The number of aromatic nitrogens is 2. The third kappa shape index (κ3) is 4.48. The Morgan fingerprint density at radius 2 is 2.06 bits per heavy atom. The van der Waals surface area contributed by atoms with Gasteiger partial charge in [0, 0.05) is 13.0 Å².